The molecule has 1 saturated carbocycles. The number of nitrogens with one attached hydrogen (secondary N) is 1. The summed E-state index contributed by atoms with van der Waals surface area (Å²) in [6.45, 7) is 0. The van der Waals surface area contributed by atoms with E-state index in [0.717, 1.165) is 66.5 Å². The van der Waals surface area contributed by atoms with Crippen molar-refractivity contribution in [2.24, 2.45) is 7.05 Å². The number of rotatable bonds is 3. The van der Waals surface area contributed by atoms with Crippen molar-refractivity contribution in [2.45, 2.75) is 61.7 Å². The second kappa shape index (κ2) is 9.84. The monoisotopic (exact) mass is 515 g/mol. The maximum Gasteiger partial charge on any atom is 0.416 e. The van der Waals surface area contributed by atoms with E-state index in [1.165, 1.54) is 28.8 Å². The highest BCUT2D eigenvalue weighted by atomic mass is 32.2. The van der Waals surface area contributed by atoms with Crippen LogP contribution in [-0.2, 0) is 22.8 Å². The van der Waals surface area contributed by atoms with E-state index in [1.807, 2.05) is 35.9 Å². The van der Waals surface area contributed by atoms with E-state index in [0.29, 0.717) is 5.69 Å². The molecule has 5 rings (SSSR count). The average Bonchev–Trinajstić information content (AvgIpc) is 3.03. The van der Waals surface area contributed by atoms with Gasteiger partial charge in [-0.1, -0.05) is 49.9 Å². The van der Waals surface area contributed by atoms with Gasteiger partial charge in [-0.3, -0.25) is 14.5 Å². The van der Waals surface area contributed by atoms with Crippen LogP contribution in [0.4, 0.5) is 18.9 Å². The van der Waals surface area contributed by atoms with Gasteiger partial charge in [-0.05, 0) is 37.1 Å². The van der Waals surface area contributed by atoms with Gasteiger partial charge in [0.1, 0.15) is 0 Å². The predicted octanol–water partition coefficient (Wildman–Crippen LogP) is 6.22. The minimum absolute atomic E-state index is 0.0183. The highest BCUT2D eigenvalue weighted by molar-refractivity contribution is 8.00. The van der Waals surface area contributed by atoms with Gasteiger partial charge in [-0.2, -0.15) is 13.2 Å². The molecule has 190 valence electrons. The second-order valence-corrected chi connectivity index (χ2v) is 10.5. The fourth-order valence-corrected chi connectivity index (χ4v) is 6.51. The van der Waals surface area contributed by atoms with E-state index < -0.39 is 23.7 Å². The Morgan fingerprint density at radius 2 is 1.75 bits per heavy atom. The van der Waals surface area contributed by atoms with Crippen molar-refractivity contribution in [3.05, 3.63) is 59.8 Å². The third-order valence-electron chi connectivity index (χ3n) is 7.13. The van der Waals surface area contributed by atoms with Crippen LogP contribution in [0, 0.1) is 0 Å². The fourth-order valence-electron chi connectivity index (χ4n) is 5.38. The van der Waals surface area contributed by atoms with Crippen LogP contribution in [0.15, 0.2) is 53.4 Å². The number of hydrogen-bond acceptors (Lipinski definition) is 3. The van der Waals surface area contributed by atoms with Crippen LogP contribution < -0.4 is 10.2 Å². The highest BCUT2D eigenvalue weighted by Gasteiger charge is 2.41. The molecule has 2 aromatic carbocycles. The van der Waals surface area contributed by atoms with Crippen molar-refractivity contribution in [1.82, 2.24) is 9.88 Å². The molecule has 5 nitrogen and oxygen atoms in total. The van der Waals surface area contributed by atoms with Gasteiger partial charge in [0.05, 0.1) is 17.0 Å². The number of anilines is 1. The standard InChI is InChI=1S/C27H28F3N3O2S/c1-32-21-14-7-6-13-20(21)25-23(32)24(26(35)31-18-10-4-2-3-5-11-18)33(22(34)16-36-25)19-12-8-9-17(15-19)27(28,29)30/h6-9,12-15,18,24H,2-5,10-11,16H2,1H3,(H,31,35)/t24-/m0/s1. The number of carbonyl (C=O) groups is 2. The van der Waals surface area contributed by atoms with Gasteiger partial charge in [0, 0.05) is 34.6 Å². The zero-order valence-electron chi connectivity index (χ0n) is 20.0. The molecular formula is C27H28F3N3O2S. The average molecular weight is 516 g/mol. The molecule has 2 heterocycles. The number of nitrogens with zero attached hydrogens (tertiary/aromatic N) is 2. The summed E-state index contributed by atoms with van der Waals surface area (Å²) in [6.07, 6.45) is 1.41. The third-order valence-corrected chi connectivity index (χ3v) is 8.24. The molecule has 1 aliphatic carbocycles. The molecule has 36 heavy (non-hydrogen) atoms. The number of aromatic nitrogens is 1. The molecule has 3 aromatic rings. The zero-order chi connectivity index (χ0) is 25.4. The first kappa shape index (κ1) is 24.7. The number of fused-ring (bicyclic) bond motifs is 3. The molecule has 2 amide bonds. The summed E-state index contributed by atoms with van der Waals surface area (Å²) in [7, 11) is 1.84. The van der Waals surface area contributed by atoms with Crippen LogP contribution in [0.5, 0.6) is 0 Å². The quantitative estimate of drug-likeness (QED) is 0.422. The SMILES string of the molecule is Cn1c2c(c3ccccc31)SCC(=O)N(c1cccc(C(F)(F)F)c1)[C@@H]2C(=O)NC1CCCCCC1. The minimum atomic E-state index is -4.57. The Balaban J connectivity index is 1.66. The molecule has 0 bridgehead atoms. The van der Waals surface area contributed by atoms with Crippen LogP contribution >= 0.6 is 11.8 Å². The van der Waals surface area contributed by atoms with Gasteiger partial charge < -0.3 is 9.88 Å². The van der Waals surface area contributed by atoms with E-state index in [4.69, 9.17) is 0 Å². The van der Waals surface area contributed by atoms with Crippen molar-refractivity contribution in [1.29, 1.82) is 0 Å². The maximum atomic E-state index is 14.0. The molecule has 0 unspecified atom stereocenters. The maximum absolute atomic E-state index is 14.0. The number of hydrogen-bond donors (Lipinski definition) is 1. The van der Waals surface area contributed by atoms with Gasteiger partial charge in [-0.25, -0.2) is 0 Å². The number of alkyl halides is 3. The Hall–Kier alpha value is -2.94. The van der Waals surface area contributed by atoms with E-state index >= 15 is 0 Å². The summed E-state index contributed by atoms with van der Waals surface area (Å²) < 4.78 is 42.6. The van der Waals surface area contributed by atoms with E-state index in [1.54, 1.807) is 0 Å². The van der Waals surface area contributed by atoms with Crippen LogP contribution in [0.25, 0.3) is 10.9 Å². The molecule has 1 fully saturated rings. The largest absolute Gasteiger partial charge is 0.416 e. The van der Waals surface area contributed by atoms with Gasteiger partial charge in [0.15, 0.2) is 6.04 Å². The Kier molecular flexibility index (Phi) is 6.76. The Bertz CT molecular complexity index is 1300. The Morgan fingerprint density at radius 3 is 2.47 bits per heavy atom. The summed E-state index contributed by atoms with van der Waals surface area (Å²) in [5.74, 6) is -0.743. The first-order valence-corrected chi connectivity index (χ1v) is 13.2. The van der Waals surface area contributed by atoms with Crippen molar-refractivity contribution in [2.75, 3.05) is 10.7 Å². The molecule has 1 aromatic heterocycles. The first-order chi connectivity index (χ1) is 17.3. The van der Waals surface area contributed by atoms with E-state index in [-0.39, 0.29) is 23.4 Å². The zero-order valence-corrected chi connectivity index (χ0v) is 20.8. The number of para-hydroxylation sites is 1. The first-order valence-electron chi connectivity index (χ1n) is 12.3. The summed E-state index contributed by atoms with van der Waals surface area (Å²) in [5, 5.41) is 4.08. The number of aryl methyl sites for hydroxylation is 1. The highest BCUT2D eigenvalue weighted by Crippen LogP contribution is 2.44. The van der Waals surface area contributed by atoms with Crippen molar-refractivity contribution >= 4 is 40.2 Å². The van der Waals surface area contributed by atoms with Gasteiger partial charge >= 0.3 is 6.18 Å². The lowest BCUT2D eigenvalue weighted by molar-refractivity contribution is -0.137. The Labute approximate surface area is 212 Å². The molecule has 9 heteroatoms. The molecule has 1 aliphatic heterocycles. The molecule has 2 aliphatic rings. The number of benzene rings is 2. The van der Waals surface area contributed by atoms with Crippen LogP contribution in [0.2, 0.25) is 0 Å². The predicted molar refractivity (Wildman–Crippen MR) is 135 cm³/mol. The van der Waals surface area contributed by atoms with Gasteiger partial charge in [0.25, 0.3) is 0 Å². The molecule has 1 N–H and O–H groups in total. The lowest BCUT2D eigenvalue weighted by Crippen LogP contribution is -2.47. The van der Waals surface area contributed by atoms with Gasteiger partial charge in [-0.15, -0.1) is 11.8 Å². The fraction of sp³-hybridized carbons (Fsp3) is 0.407. The minimum Gasteiger partial charge on any atom is -0.351 e. The van der Waals surface area contributed by atoms with Gasteiger partial charge in [0.2, 0.25) is 11.8 Å². The Morgan fingerprint density at radius 1 is 1.03 bits per heavy atom. The molecule has 0 radical (unpaired) electrons. The summed E-state index contributed by atoms with van der Waals surface area (Å²) in [6, 6.07) is 11.3. The van der Waals surface area contributed by atoms with E-state index in [9.17, 15) is 22.8 Å². The van der Waals surface area contributed by atoms with Crippen molar-refractivity contribution < 1.29 is 22.8 Å². The normalized spacial score (nSPS) is 19.6. The lowest BCUT2D eigenvalue weighted by atomic mass is 10.0. The number of thioether (sulfide) groups is 1. The van der Waals surface area contributed by atoms with Crippen molar-refractivity contribution in [3.63, 3.8) is 0 Å². The number of carbonyl (C=O) groups excluding carboxylic acids is 2. The smallest absolute Gasteiger partial charge is 0.351 e. The molecular weight excluding hydrogens is 487 g/mol. The second-order valence-electron chi connectivity index (χ2n) is 9.49. The van der Waals surface area contributed by atoms with Crippen molar-refractivity contribution in [3.8, 4) is 0 Å². The third kappa shape index (κ3) is 4.61. The molecule has 0 spiro atoms. The summed E-state index contributed by atoms with van der Waals surface area (Å²) >= 11 is 1.33. The summed E-state index contributed by atoms with van der Waals surface area (Å²) in [5.41, 5.74) is 0.732. The topological polar surface area (TPSA) is 54.3 Å². The molecule has 1 atom stereocenters. The van der Waals surface area contributed by atoms with Crippen LogP contribution in [0.1, 0.15) is 55.8 Å². The summed E-state index contributed by atoms with van der Waals surface area (Å²) in [4.78, 5) is 29.6. The number of halogens is 3. The van der Waals surface area contributed by atoms with E-state index in [2.05, 4.69) is 5.32 Å². The van der Waals surface area contributed by atoms with Crippen LogP contribution in [-0.4, -0.2) is 28.2 Å². The molecule has 0 saturated heterocycles. The van der Waals surface area contributed by atoms with Crippen LogP contribution in [0.3, 0.4) is 0 Å². The lowest BCUT2D eigenvalue weighted by Gasteiger charge is -2.32. The number of amides is 2.